The molecule has 1 heterocycles. The van der Waals surface area contributed by atoms with E-state index < -0.39 is 0 Å². The van der Waals surface area contributed by atoms with E-state index in [-0.39, 0.29) is 23.9 Å². The van der Waals surface area contributed by atoms with Crippen molar-refractivity contribution in [2.45, 2.75) is 25.7 Å². The number of rotatable bonds is 4. The van der Waals surface area contributed by atoms with E-state index in [1.165, 1.54) is 0 Å². The highest BCUT2D eigenvalue weighted by Crippen LogP contribution is 2.32. The minimum atomic E-state index is -0.0587. The predicted octanol–water partition coefficient (Wildman–Crippen LogP) is 2.17. The molecule has 3 nitrogen and oxygen atoms in total. The average molecular weight is 230 g/mol. The molecule has 17 heavy (non-hydrogen) atoms. The van der Waals surface area contributed by atoms with Crippen molar-refractivity contribution in [3.63, 3.8) is 0 Å². The van der Waals surface area contributed by atoms with E-state index in [0.29, 0.717) is 12.2 Å². The van der Waals surface area contributed by atoms with Crippen LogP contribution < -0.4 is 4.74 Å². The average Bonchev–Trinajstić information content (AvgIpc) is 3.07. The Balaban J connectivity index is 1.74. The number of ketones is 2. The minimum Gasteiger partial charge on any atom is -0.493 e. The highest BCUT2D eigenvalue weighted by atomic mass is 16.5. The van der Waals surface area contributed by atoms with Gasteiger partial charge in [-0.2, -0.15) is 0 Å². The van der Waals surface area contributed by atoms with Crippen LogP contribution in [0.15, 0.2) is 18.2 Å². The smallest absolute Gasteiger partial charge is 0.170 e. The molecule has 2 aliphatic rings. The highest BCUT2D eigenvalue weighted by molar-refractivity contribution is 6.09. The summed E-state index contributed by atoms with van der Waals surface area (Å²) in [5, 5.41) is 0. The number of carbonyl (C=O) groups is 2. The lowest BCUT2D eigenvalue weighted by molar-refractivity contribution is -0.119. The van der Waals surface area contributed by atoms with Gasteiger partial charge in [-0.1, -0.05) is 0 Å². The second-order valence-corrected chi connectivity index (χ2v) is 4.76. The lowest BCUT2D eigenvalue weighted by atomic mass is 10.0. The van der Waals surface area contributed by atoms with E-state index in [0.717, 1.165) is 30.6 Å². The van der Waals surface area contributed by atoms with Gasteiger partial charge >= 0.3 is 0 Å². The van der Waals surface area contributed by atoms with E-state index in [1.54, 1.807) is 6.07 Å². The van der Waals surface area contributed by atoms with E-state index in [4.69, 9.17) is 4.74 Å². The Hall–Kier alpha value is -1.64. The molecule has 3 heteroatoms. The molecule has 1 aliphatic heterocycles. The fraction of sp³-hybridized carbons (Fsp3) is 0.429. The molecule has 0 atom stereocenters. The van der Waals surface area contributed by atoms with Gasteiger partial charge in [0, 0.05) is 17.9 Å². The Morgan fingerprint density at radius 3 is 2.88 bits per heavy atom. The summed E-state index contributed by atoms with van der Waals surface area (Å²) in [4.78, 5) is 23.5. The van der Waals surface area contributed by atoms with Crippen molar-refractivity contribution in [3.8, 4) is 5.75 Å². The van der Waals surface area contributed by atoms with Gasteiger partial charge in [-0.3, -0.25) is 9.59 Å². The minimum absolute atomic E-state index is 0.0587. The SMILES string of the molecule is O=C(CC(=O)C1CC1)c1ccc2c(c1)CCO2. The zero-order valence-corrected chi connectivity index (χ0v) is 9.57. The molecule has 1 fully saturated rings. The van der Waals surface area contributed by atoms with Gasteiger partial charge in [0.15, 0.2) is 5.78 Å². The van der Waals surface area contributed by atoms with Crippen molar-refractivity contribution in [2.24, 2.45) is 5.92 Å². The zero-order chi connectivity index (χ0) is 11.8. The lowest BCUT2D eigenvalue weighted by Crippen LogP contribution is -2.09. The number of carbonyl (C=O) groups excluding carboxylic acids is 2. The maximum atomic E-state index is 11.9. The maximum absolute atomic E-state index is 11.9. The zero-order valence-electron chi connectivity index (χ0n) is 9.57. The summed E-state index contributed by atoms with van der Waals surface area (Å²) in [6, 6.07) is 5.45. The van der Waals surface area contributed by atoms with Crippen molar-refractivity contribution >= 4 is 11.6 Å². The van der Waals surface area contributed by atoms with Gasteiger partial charge in [0.1, 0.15) is 11.5 Å². The number of benzene rings is 1. The van der Waals surface area contributed by atoms with Crippen LogP contribution in [0.5, 0.6) is 5.75 Å². The highest BCUT2D eigenvalue weighted by Gasteiger charge is 2.30. The van der Waals surface area contributed by atoms with Crippen LogP contribution in [0.25, 0.3) is 0 Å². The second-order valence-electron chi connectivity index (χ2n) is 4.76. The molecule has 1 aliphatic carbocycles. The third kappa shape index (κ3) is 2.09. The lowest BCUT2D eigenvalue weighted by Gasteiger charge is -2.03. The largest absolute Gasteiger partial charge is 0.493 e. The summed E-state index contributed by atoms with van der Waals surface area (Å²) in [5.74, 6) is 1.08. The number of hydrogen-bond acceptors (Lipinski definition) is 3. The van der Waals surface area contributed by atoms with Crippen molar-refractivity contribution in [3.05, 3.63) is 29.3 Å². The van der Waals surface area contributed by atoms with Gasteiger partial charge in [0.2, 0.25) is 0 Å². The molecule has 0 saturated heterocycles. The molecule has 0 radical (unpaired) electrons. The molecule has 88 valence electrons. The van der Waals surface area contributed by atoms with Crippen LogP contribution in [0.2, 0.25) is 0 Å². The Bertz CT molecular complexity index is 486. The number of ether oxygens (including phenoxy) is 1. The molecule has 0 unspecified atom stereocenters. The topological polar surface area (TPSA) is 43.4 Å². The predicted molar refractivity (Wildman–Crippen MR) is 62.3 cm³/mol. The Morgan fingerprint density at radius 2 is 2.12 bits per heavy atom. The van der Waals surface area contributed by atoms with E-state index in [9.17, 15) is 9.59 Å². The molecule has 3 rings (SSSR count). The van der Waals surface area contributed by atoms with Crippen LogP contribution in [-0.4, -0.2) is 18.2 Å². The third-order valence-electron chi connectivity index (χ3n) is 3.38. The van der Waals surface area contributed by atoms with Gasteiger partial charge in [0.25, 0.3) is 0 Å². The Labute approximate surface area is 99.8 Å². The van der Waals surface area contributed by atoms with Crippen molar-refractivity contribution in [1.29, 1.82) is 0 Å². The molecular weight excluding hydrogens is 216 g/mol. The van der Waals surface area contributed by atoms with Gasteiger partial charge in [0.05, 0.1) is 13.0 Å². The molecule has 0 spiro atoms. The Kier molecular flexibility index (Phi) is 2.46. The van der Waals surface area contributed by atoms with E-state index >= 15 is 0 Å². The van der Waals surface area contributed by atoms with Crippen LogP contribution >= 0.6 is 0 Å². The first-order valence-corrected chi connectivity index (χ1v) is 6.05. The first-order valence-electron chi connectivity index (χ1n) is 6.05. The summed E-state index contributed by atoms with van der Waals surface area (Å²) in [6.07, 6.45) is 2.84. The van der Waals surface area contributed by atoms with Crippen LogP contribution in [0.4, 0.5) is 0 Å². The quantitative estimate of drug-likeness (QED) is 0.588. The molecule has 0 bridgehead atoms. The normalized spacial score (nSPS) is 17.4. The summed E-state index contributed by atoms with van der Waals surface area (Å²) in [5.41, 5.74) is 1.72. The summed E-state index contributed by atoms with van der Waals surface area (Å²) in [6.45, 7) is 0.688. The first kappa shape index (κ1) is 10.5. The van der Waals surface area contributed by atoms with Crippen LogP contribution in [0.1, 0.15) is 35.2 Å². The van der Waals surface area contributed by atoms with Gasteiger partial charge in [-0.25, -0.2) is 0 Å². The number of fused-ring (bicyclic) bond motifs is 1. The Morgan fingerprint density at radius 1 is 1.29 bits per heavy atom. The van der Waals surface area contributed by atoms with Gasteiger partial charge < -0.3 is 4.74 Å². The van der Waals surface area contributed by atoms with E-state index in [1.807, 2.05) is 12.1 Å². The van der Waals surface area contributed by atoms with E-state index in [2.05, 4.69) is 0 Å². The van der Waals surface area contributed by atoms with Gasteiger partial charge in [-0.15, -0.1) is 0 Å². The molecular formula is C14H14O3. The molecule has 1 aromatic rings. The monoisotopic (exact) mass is 230 g/mol. The fourth-order valence-electron chi connectivity index (χ4n) is 2.17. The summed E-state index contributed by atoms with van der Waals surface area (Å²) in [7, 11) is 0. The fourth-order valence-corrected chi connectivity index (χ4v) is 2.17. The van der Waals surface area contributed by atoms with Crippen LogP contribution in [-0.2, 0) is 11.2 Å². The standard InChI is InChI=1S/C14H14O3/c15-12(9-1-2-9)8-13(16)10-3-4-14-11(7-10)5-6-17-14/h3-4,7,9H,1-2,5-6,8H2. The van der Waals surface area contributed by atoms with Gasteiger partial charge in [-0.05, 0) is 36.6 Å². The molecule has 0 aromatic heterocycles. The first-order chi connectivity index (χ1) is 8.24. The summed E-state index contributed by atoms with van der Waals surface area (Å²) >= 11 is 0. The van der Waals surface area contributed by atoms with Crippen LogP contribution in [0, 0.1) is 5.92 Å². The maximum Gasteiger partial charge on any atom is 0.170 e. The second kappa shape index (κ2) is 3.99. The summed E-state index contributed by atoms with van der Waals surface area (Å²) < 4.78 is 5.38. The van der Waals surface area contributed by atoms with Crippen molar-refractivity contribution in [1.82, 2.24) is 0 Å². The molecule has 1 saturated carbocycles. The van der Waals surface area contributed by atoms with Crippen LogP contribution in [0.3, 0.4) is 0 Å². The number of Topliss-reactive ketones (excluding diaryl/α,β-unsaturated/α-hetero) is 2. The molecule has 0 amide bonds. The number of hydrogen-bond donors (Lipinski definition) is 0. The van der Waals surface area contributed by atoms with Crippen molar-refractivity contribution < 1.29 is 14.3 Å². The molecule has 1 aromatic carbocycles. The third-order valence-corrected chi connectivity index (χ3v) is 3.38. The molecule has 0 N–H and O–H groups in total. The van der Waals surface area contributed by atoms with Crippen molar-refractivity contribution in [2.75, 3.05) is 6.61 Å².